The van der Waals surface area contributed by atoms with E-state index in [0.717, 1.165) is 0 Å². The first kappa shape index (κ1) is 16.8. The van der Waals surface area contributed by atoms with Crippen molar-refractivity contribution in [2.45, 2.75) is 36.6 Å². The minimum absolute atomic E-state index is 0.703. The predicted octanol–water partition coefficient (Wildman–Crippen LogP) is -4.61. The number of aliphatic hydroxyl groups excluding tert-OH is 5. The molecule has 1 aliphatic rings. The second kappa shape index (κ2) is 6.92. The number of carboxylic acid groups (broad SMARTS) is 1. The molecule has 10 nitrogen and oxygen atoms in total. The van der Waals surface area contributed by atoms with Gasteiger partial charge in [-0.3, -0.25) is 9.59 Å². The SMILES string of the molecule is O=C(O)CNC(=O)C(O)C1O[C@H](CO)[C@@H](O)[C@H](O)[C@H]1O. The van der Waals surface area contributed by atoms with Gasteiger partial charge >= 0.3 is 5.97 Å². The van der Waals surface area contributed by atoms with Crippen molar-refractivity contribution in [2.24, 2.45) is 0 Å². The van der Waals surface area contributed by atoms with Crippen LogP contribution in [0, 0.1) is 0 Å². The standard InChI is InChI=1S/C10H17NO9/c12-2-3-5(15)6(16)7(17)9(20-3)8(18)10(19)11-1-4(13)14/h3,5-9,12,15-18H,1-2H2,(H,11,19)(H,13,14)/t3-,5-,6+,7-,8?,9?/m1/s1. The van der Waals surface area contributed by atoms with E-state index < -0.39 is 61.7 Å². The van der Waals surface area contributed by atoms with E-state index in [1.165, 1.54) is 0 Å². The van der Waals surface area contributed by atoms with Gasteiger partial charge in [0.05, 0.1) is 6.61 Å². The molecular formula is C10H17NO9. The molecule has 1 rings (SSSR count). The molecule has 0 aromatic heterocycles. The van der Waals surface area contributed by atoms with Gasteiger partial charge < -0.3 is 40.7 Å². The van der Waals surface area contributed by atoms with Crippen LogP contribution in [0.4, 0.5) is 0 Å². The quantitative estimate of drug-likeness (QED) is 0.263. The zero-order valence-corrected chi connectivity index (χ0v) is 10.3. The van der Waals surface area contributed by atoms with Gasteiger partial charge in [-0.2, -0.15) is 0 Å². The number of rotatable bonds is 5. The summed E-state index contributed by atoms with van der Waals surface area (Å²) < 4.78 is 4.95. The minimum atomic E-state index is -1.97. The maximum Gasteiger partial charge on any atom is 0.322 e. The monoisotopic (exact) mass is 295 g/mol. The van der Waals surface area contributed by atoms with Crippen molar-refractivity contribution < 1.29 is 45.0 Å². The fourth-order valence-electron chi connectivity index (χ4n) is 1.81. The van der Waals surface area contributed by atoms with Gasteiger partial charge in [-0.1, -0.05) is 0 Å². The molecule has 1 saturated heterocycles. The molecular weight excluding hydrogens is 278 g/mol. The third kappa shape index (κ3) is 3.62. The third-order valence-corrected chi connectivity index (χ3v) is 2.92. The zero-order valence-electron chi connectivity index (χ0n) is 10.3. The van der Waals surface area contributed by atoms with Gasteiger partial charge in [0.2, 0.25) is 0 Å². The van der Waals surface area contributed by atoms with Crippen LogP contribution in [0.3, 0.4) is 0 Å². The Bertz CT molecular complexity index is 361. The molecule has 7 N–H and O–H groups in total. The number of nitrogens with one attached hydrogen (secondary N) is 1. The highest BCUT2D eigenvalue weighted by molar-refractivity contribution is 5.84. The van der Waals surface area contributed by atoms with E-state index in [-0.39, 0.29) is 0 Å². The topological polar surface area (TPSA) is 177 Å². The molecule has 0 saturated carbocycles. The molecule has 2 unspecified atom stereocenters. The molecule has 0 spiro atoms. The van der Waals surface area contributed by atoms with E-state index in [1.54, 1.807) is 0 Å². The highest BCUT2D eigenvalue weighted by Crippen LogP contribution is 2.23. The van der Waals surface area contributed by atoms with Crippen LogP contribution >= 0.6 is 0 Å². The number of carboxylic acids is 1. The van der Waals surface area contributed by atoms with Crippen molar-refractivity contribution in [2.75, 3.05) is 13.2 Å². The number of aliphatic carboxylic acids is 1. The smallest absolute Gasteiger partial charge is 0.322 e. The molecule has 1 heterocycles. The van der Waals surface area contributed by atoms with Crippen LogP contribution < -0.4 is 5.32 Å². The number of hydrogen-bond donors (Lipinski definition) is 7. The molecule has 6 atom stereocenters. The average molecular weight is 295 g/mol. The molecule has 10 heteroatoms. The van der Waals surface area contributed by atoms with Crippen molar-refractivity contribution in [1.29, 1.82) is 0 Å². The molecule has 1 aliphatic heterocycles. The Balaban J connectivity index is 2.72. The summed E-state index contributed by atoms with van der Waals surface area (Å²) in [4.78, 5) is 21.7. The van der Waals surface area contributed by atoms with Gasteiger partial charge in [-0.25, -0.2) is 0 Å². The average Bonchev–Trinajstić information content (AvgIpc) is 2.41. The Labute approximate surface area is 113 Å². The Morgan fingerprint density at radius 1 is 1.15 bits per heavy atom. The Morgan fingerprint density at radius 2 is 1.75 bits per heavy atom. The Kier molecular flexibility index (Phi) is 5.80. The molecule has 0 aliphatic carbocycles. The molecule has 0 bridgehead atoms. The summed E-state index contributed by atoms with van der Waals surface area (Å²) in [5.41, 5.74) is 0. The molecule has 0 aromatic carbocycles. The van der Waals surface area contributed by atoms with Crippen molar-refractivity contribution in [3.05, 3.63) is 0 Å². The highest BCUT2D eigenvalue weighted by atomic mass is 16.6. The van der Waals surface area contributed by atoms with Crippen LogP contribution in [0.25, 0.3) is 0 Å². The maximum atomic E-state index is 11.5. The van der Waals surface area contributed by atoms with Crippen LogP contribution in [-0.2, 0) is 14.3 Å². The lowest BCUT2D eigenvalue weighted by Crippen LogP contribution is -2.63. The van der Waals surface area contributed by atoms with E-state index in [2.05, 4.69) is 0 Å². The fourth-order valence-corrected chi connectivity index (χ4v) is 1.81. The lowest BCUT2D eigenvalue weighted by atomic mass is 9.92. The molecule has 0 aromatic rings. The highest BCUT2D eigenvalue weighted by Gasteiger charge is 2.47. The minimum Gasteiger partial charge on any atom is -0.480 e. The lowest BCUT2D eigenvalue weighted by Gasteiger charge is -2.41. The van der Waals surface area contributed by atoms with Crippen LogP contribution in [0.5, 0.6) is 0 Å². The van der Waals surface area contributed by atoms with Crippen LogP contribution in [-0.4, -0.2) is 92.3 Å². The summed E-state index contributed by atoms with van der Waals surface area (Å²) in [5.74, 6) is -2.46. The van der Waals surface area contributed by atoms with E-state index in [0.29, 0.717) is 0 Å². The van der Waals surface area contributed by atoms with E-state index in [9.17, 15) is 30.0 Å². The van der Waals surface area contributed by atoms with E-state index in [1.807, 2.05) is 5.32 Å². The number of hydrogen-bond acceptors (Lipinski definition) is 8. The van der Waals surface area contributed by atoms with Crippen molar-refractivity contribution in [1.82, 2.24) is 5.32 Å². The molecule has 0 radical (unpaired) electrons. The summed E-state index contributed by atoms with van der Waals surface area (Å²) >= 11 is 0. The summed E-state index contributed by atoms with van der Waals surface area (Å²) in [6.07, 6.45) is -9.97. The summed E-state index contributed by atoms with van der Waals surface area (Å²) in [6.45, 7) is -1.45. The first-order valence-corrected chi connectivity index (χ1v) is 5.77. The fraction of sp³-hybridized carbons (Fsp3) is 0.800. The van der Waals surface area contributed by atoms with Crippen LogP contribution in [0.1, 0.15) is 0 Å². The van der Waals surface area contributed by atoms with Crippen molar-refractivity contribution >= 4 is 11.9 Å². The van der Waals surface area contributed by atoms with Crippen molar-refractivity contribution in [3.63, 3.8) is 0 Å². The van der Waals surface area contributed by atoms with Crippen molar-refractivity contribution in [3.8, 4) is 0 Å². The lowest BCUT2D eigenvalue weighted by molar-refractivity contribution is -0.247. The Morgan fingerprint density at radius 3 is 2.25 bits per heavy atom. The molecule has 1 amide bonds. The molecule has 20 heavy (non-hydrogen) atoms. The predicted molar refractivity (Wildman–Crippen MR) is 60.4 cm³/mol. The van der Waals surface area contributed by atoms with Gasteiger partial charge in [0.25, 0.3) is 5.91 Å². The second-order valence-electron chi connectivity index (χ2n) is 4.35. The first-order valence-electron chi connectivity index (χ1n) is 5.77. The number of carbonyl (C=O) groups is 2. The summed E-state index contributed by atoms with van der Waals surface area (Å²) in [6, 6.07) is 0. The first-order chi connectivity index (χ1) is 9.29. The third-order valence-electron chi connectivity index (χ3n) is 2.92. The van der Waals surface area contributed by atoms with Gasteiger partial charge in [0.1, 0.15) is 37.1 Å². The summed E-state index contributed by atoms with van der Waals surface area (Å²) in [5, 5.41) is 57.5. The number of ether oxygens (including phenoxy) is 1. The van der Waals surface area contributed by atoms with Gasteiger partial charge in [0, 0.05) is 0 Å². The second-order valence-corrected chi connectivity index (χ2v) is 4.35. The largest absolute Gasteiger partial charge is 0.480 e. The van der Waals surface area contributed by atoms with E-state index in [4.69, 9.17) is 14.9 Å². The van der Waals surface area contributed by atoms with Gasteiger partial charge in [0.15, 0.2) is 6.10 Å². The Hall–Kier alpha value is -1.30. The molecule has 116 valence electrons. The van der Waals surface area contributed by atoms with Gasteiger partial charge in [-0.05, 0) is 0 Å². The normalized spacial score (nSPS) is 35.4. The summed E-state index contributed by atoms with van der Waals surface area (Å²) in [7, 11) is 0. The van der Waals surface area contributed by atoms with Crippen LogP contribution in [0.15, 0.2) is 0 Å². The number of aliphatic hydroxyl groups is 5. The molecule has 1 fully saturated rings. The van der Waals surface area contributed by atoms with E-state index >= 15 is 0 Å². The number of carbonyl (C=O) groups excluding carboxylic acids is 1. The number of amides is 1. The van der Waals surface area contributed by atoms with Gasteiger partial charge in [-0.15, -0.1) is 0 Å². The maximum absolute atomic E-state index is 11.5. The zero-order chi connectivity index (χ0) is 15.4. The van der Waals surface area contributed by atoms with Crippen LogP contribution in [0.2, 0.25) is 0 Å².